The number of rotatable bonds is 8. The maximum Gasteiger partial charge on any atom is 0.108 e. The third kappa shape index (κ3) is 3.63. The van der Waals surface area contributed by atoms with Crippen LogP contribution in [0, 0.1) is 0 Å². The summed E-state index contributed by atoms with van der Waals surface area (Å²) in [5.74, 6) is 1.21. The van der Waals surface area contributed by atoms with Gasteiger partial charge in [-0.05, 0) is 19.4 Å². The minimum Gasteiger partial charge on any atom is -0.331 e. The third-order valence-electron chi connectivity index (χ3n) is 2.89. The Morgan fingerprint density at radius 1 is 1.31 bits per heavy atom. The first kappa shape index (κ1) is 13.2. The lowest BCUT2D eigenvalue weighted by molar-refractivity contribution is 0.418. The molecule has 0 saturated carbocycles. The van der Waals surface area contributed by atoms with Crippen molar-refractivity contribution in [3.8, 4) is 0 Å². The van der Waals surface area contributed by atoms with Crippen LogP contribution in [0.15, 0.2) is 12.4 Å². The smallest absolute Gasteiger partial charge is 0.108 e. The lowest BCUT2D eigenvalue weighted by Gasteiger charge is -2.20. The highest BCUT2D eigenvalue weighted by Gasteiger charge is 2.12. The zero-order valence-corrected chi connectivity index (χ0v) is 10.9. The molecule has 0 aliphatic heterocycles. The first-order valence-electron chi connectivity index (χ1n) is 6.55. The Kier molecular flexibility index (Phi) is 6.16. The Morgan fingerprint density at radius 3 is 2.75 bits per heavy atom. The molecule has 1 atom stereocenters. The highest BCUT2D eigenvalue weighted by atomic mass is 15.1. The zero-order valence-electron chi connectivity index (χ0n) is 10.9. The van der Waals surface area contributed by atoms with Gasteiger partial charge >= 0.3 is 0 Å². The lowest BCUT2D eigenvalue weighted by atomic mass is 10.1. The van der Waals surface area contributed by atoms with E-state index in [2.05, 4.69) is 41.8 Å². The fraction of sp³-hybridized carbons (Fsp3) is 0.769. The fourth-order valence-corrected chi connectivity index (χ4v) is 2.07. The van der Waals surface area contributed by atoms with Crippen LogP contribution < -0.4 is 5.32 Å². The molecular weight excluding hydrogens is 198 g/mol. The van der Waals surface area contributed by atoms with Crippen molar-refractivity contribution in [3.05, 3.63) is 18.2 Å². The van der Waals surface area contributed by atoms with Gasteiger partial charge in [0.15, 0.2) is 0 Å². The molecule has 92 valence electrons. The molecule has 0 spiro atoms. The fourth-order valence-electron chi connectivity index (χ4n) is 2.07. The van der Waals surface area contributed by atoms with Crippen molar-refractivity contribution in [1.82, 2.24) is 14.9 Å². The molecule has 1 unspecified atom stereocenters. The van der Waals surface area contributed by atoms with E-state index in [0.29, 0.717) is 6.04 Å². The molecular formula is C13H25N3. The second-order valence-corrected chi connectivity index (χ2v) is 4.25. The highest BCUT2D eigenvalue weighted by molar-refractivity contribution is 4.95. The van der Waals surface area contributed by atoms with Crippen LogP contribution in [0.3, 0.4) is 0 Å². The van der Waals surface area contributed by atoms with Crippen molar-refractivity contribution in [1.29, 1.82) is 0 Å². The lowest BCUT2D eigenvalue weighted by Crippen LogP contribution is -2.26. The van der Waals surface area contributed by atoms with E-state index in [1.807, 2.05) is 6.20 Å². The predicted octanol–water partition coefficient (Wildman–Crippen LogP) is 2.79. The molecule has 3 nitrogen and oxygen atoms in total. The van der Waals surface area contributed by atoms with Crippen molar-refractivity contribution in [2.24, 2.45) is 0 Å². The third-order valence-corrected chi connectivity index (χ3v) is 2.89. The van der Waals surface area contributed by atoms with E-state index < -0.39 is 0 Å². The van der Waals surface area contributed by atoms with E-state index in [-0.39, 0.29) is 0 Å². The molecule has 1 rings (SSSR count). The summed E-state index contributed by atoms with van der Waals surface area (Å²) in [5.41, 5.74) is 0. The zero-order chi connectivity index (χ0) is 11.8. The van der Waals surface area contributed by atoms with Gasteiger partial charge in [0, 0.05) is 31.4 Å². The largest absolute Gasteiger partial charge is 0.331 e. The van der Waals surface area contributed by atoms with Crippen LogP contribution in [0.1, 0.15) is 51.9 Å². The molecule has 0 aromatic carbocycles. The predicted molar refractivity (Wildman–Crippen MR) is 68.7 cm³/mol. The second kappa shape index (κ2) is 7.44. The summed E-state index contributed by atoms with van der Waals surface area (Å²) < 4.78 is 2.34. The maximum atomic E-state index is 4.40. The Morgan fingerprint density at radius 2 is 2.12 bits per heavy atom. The minimum absolute atomic E-state index is 0.564. The van der Waals surface area contributed by atoms with E-state index in [1.165, 1.54) is 25.1 Å². The first-order valence-corrected chi connectivity index (χ1v) is 6.55. The van der Waals surface area contributed by atoms with Crippen LogP contribution in [0.25, 0.3) is 0 Å². The van der Waals surface area contributed by atoms with E-state index >= 15 is 0 Å². The second-order valence-electron chi connectivity index (χ2n) is 4.25. The van der Waals surface area contributed by atoms with Gasteiger partial charge in [0.05, 0.1) is 0 Å². The number of aryl methyl sites for hydroxylation is 1. The van der Waals surface area contributed by atoms with Gasteiger partial charge in [-0.2, -0.15) is 0 Å². The average molecular weight is 223 g/mol. The van der Waals surface area contributed by atoms with Gasteiger partial charge in [-0.3, -0.25) is 0 Å². The molecule has 16 heavy (non-hydrogen) atoms. The van der Waals surface area contributed by atoms with Crippen molar-refractivity contribution in [2.75, 3.05) is 13.1 Å². The van der Waals surface area contributed by atoms with Gasteiger partial charge in [0.25, 0.3) is 0 Å². The van der Waals surface area contributed by atoms with Crippen LogP contribution in [0.4, 0.5) is 0 Å². The van der Waals surface area contributed by atoms with Gasteiger partial charge in [0.1, 0.15) is 5.82 Å². The first-order chi connectivity index (χ1) is 7.83. The summed E-state index contributed by atoms with van der Waals surface area (Å²) >= 11 is 0. The van der Waals surface area contributed by atoms with Gasteiger partial charge in [-0.15, -0.1) is 0 Å². The molecule has 1 N–H and O–H groups in total. The van der Waals surface area contributed by atoms with Crippen molar-refractivity contribution < 1.29 is 0 Å². The summed E-state index contributed by atoms with van der Waals surface area (Å²) in [7, 11) is 0. The number of nitrogens with zero attached hydrogens (tertiary/aromatic N) is 2. The molecule has 0 bridgehead atoms. The molecule has 0 fully saturated rings. The maximum absolute atomic E-state index is 4.40. The van der Waals surface area contributed by atoms with Gasteiger partial charge in [-0.25, -0.2) is 4.98 Å². The molecule has 0 saturated heterocycles. The van der Waals surface area contributed by atoms with Crippen LogP contribution in [0.2, 0.25) is 0 Å². The summed E-state index contributed by atoms with van der Waals surface area (Å²) in [6.45, 7) is 8.79. The Hall–Kier alpha value is -0.830. The van der Waals surface area contributed by atoms with E-state index in [4.69, 9.17) is 0 Å². The normalized spacial score (nSPS) is 12.9. The molecule has 0 radical (unpaired) electrons. The van der Waals surface area contributed by atoms with Crippen LogP contribution in [0.5, 0.6) is 0 Å². The molecule has 1 aromatic rings. The Balaban J connectivity index is 2.61. The number of hydrogen-bond donors (Lipinski definition) is 1. The Labute approximate surface area is 99.3 Å². The van der Waals surface area contributed by atoms with E-state index in [9.17, 15) is 0 Å². The highest BCUT2D eigenvalue weighted by Crippen LogP contribution is 2.15. The Bertz CT molecular complexity index is 280. The molecule has 3 heteroatoms. The molecule has 1 heterocycles. The van der Waals surface area contributed by atoms with Crippen molar-refractivity contribution in [2.45, 2.75) is 52.5 Å². The number of hydrogen-bond acceptors (Lipinski definition) is 2. The van der Waals surface area contributed by atoms with Crippen molar-refractivity contribution >= 4 is 0 Å². The van der Waals surface area contributed by atoms with Crippen LogP contribution >= 0.6 is 0 Å². The monoisotopic (exact) mass is 223 g/mol. The molecule has 0 aliphatic rings. The SMILES string of the molecule is CCCNCC(CCC)n1ccnc1CC. The van der Waals surface area contributed by atoms with Crippen molar-refractivity contribution in [3.63, 3.8) is 0 Å². The number of imidazole rings is 1. The number of aromatic nitrogens is 2. The van der Waals surface area contributed by atoms with Crippen LogP contribution in [-0.4, -0.2) is 22.6 Å². The average Bonchev–Trinajstić information content (AvgIpc) is 2.76. The summed E-state index contributed by atoms with van der Waals surface area (Å²) in [5, 5.41) is 3.51. The number of nitrogens with one attached hydrogen (secondary N) is 1. The molecule has 0 amide bonds. The summed E-state index contributed by atoms with van der Waals surface area (Å²) in [6, 6.07) is 0.564. The van der Waals surface area contributed by atoms with E-state index in [0.717, 1.165) is 19.5 Å². The summed E-state index contributed by atoms with van der Waals surface area (Å²) in [4.78, 5) is 4.40. The van der Waals surface area contributed by atoms with Gasteiger partial charge < -0.3 is 9.88 Å². The molecule has 1 aromatic heterocycles. The van der Waals surface area contributed by atoms with E-state index in [1.54, 1.807) is 0 Å². The standard InChI is InChI=1S/C13H25N3/c1-4-7-12(11-14-8-5-2)16-10-9-15-13(16)6-3/h9-10,12,14H,4-8,11H2,1-3H3. The van der Waals surface area contributed by atoms with Crippen LogP contribution in [-0.2, 0) is 6.42 Å². The topological polar surface area (TPSA) is 29.9 Å². The minimum atomic E-state index is 0.564. The quantitative estimate of drug-likeness (QED) is 0.687. The molecule has 0 aliphatic carbocycles. The van der Waals surface area contributed by atoms with Gasteiger partial charge in [0.2, 0.25) is 0 Å². The summed E-state index contributed by atoms with van der Waals surface area (Å²) in [6.07, 6.45) is 8.69. The van der Waals surface area contributed by atoms with Gasteiger partial charge in [-0.1, -0.05) is 27.2 Å².